The maximum Gasteiger partial charge on any atom is 0.0771 e. The third kappa shape index (κ3) is 7.34. The van der Waals surface area contributed by atoms with Gasteiger partial charge in [-0.2, -0.15) is 0 Å². The summed E-state index contributed by atoms with van der Waals surface area (Å²) in [6, 6.07) is 0. The fourth-order valence-electron chi connectivity index (χ4n) is 1.77. The van der Waals surface area contributed by atoms with Gasteiger partial charge in [0.2, 0.25) is 0 Å². The van der Waals surface area contributed by atoms with E-state index in [0.29, 0.717) is 6.61 Å². The third-order valence-corrected chi connectivity index (χ3v) is 2.09. The number of rotatable bonds is 5. The predicted octanol–water partition coefficient (Wildman–Crippen LogP) is 2.99. The van der Waals surface area contributed by atoms with Crippen molar-refractivity contribution in [3.8, 4) is 0 Å². The van der Waals surface area contributed by atoms with E-state index < -0.39 is 0 Å². The molecule has 0 aromatic carbocycles. The summed E-state index contributed by atoms with van der Waals surface area (Å²) >= 11 is 0. The zero-order valence-corrected chi connectivity index (χ0v) is 10.6. The molecule has 0 aliphatic rings. The quantitative estimate of drug-likeness (QED) is 0.742. The largest absolute Gasteiger partial charge is 0.391 e. The average molecular weight is 202 g/mol. The maximum absolute atomic E-state index is 9.39. The van der Waals surface area contributed by atoms with Gasteiger partial charge in [-0.25, -0.2) is 0 Å². The van der Waals surface area contributed by atoms with Crippen LogP contribution in [0.5, 0.6) is 0 Å². The Morgan fingerprint density at radius 1 is 1.14 bits per heavy atom. The monoisotopic (exact) mass is 202 g/mol. The summed E-state index contributed by atoms with van der Waals surface area (Å²) in [7, 11) is 0. The molecule has 0 spiro atoms. The van der Waals surface area contributed by atoms with Crippen LogP contribution in [0.2, 0.25) is 0 Å². The van der Waals surface area contributed by atoms with Gasteiger partial charge in [0.15, 0.2) is 0 Å². The van der Waals surface area contributed by atoms with E-state index in [0.717, 1.165) is 12.8 Å². The van der Waals surface area contributed by atoms with Crippen molar-refractivity contribution in [2.45, 2.75) is 66.1 Å². The summed E-state index contributed by atoms with van der Waals surface area (Å²) in [5.74, 6) is 0. The van der Waals surface area contributed by atoms with Crippen molar-refractivity contribution in [3.63, 3.8) is 0 Å². The smallest absolute Gasteiger partial charge is 0.0771 e. The van der Waals surface area contributed by atoms with Gasteiger partial charge in [-0.15, -0.1) is 0 Å². The SMILES string of the molecule is CCC(O)COC(C)(C)CC(C)(C)C. The van der Waals surface area contributed by atoms with Crippen LogP contribution >= 0.6 is 0 Å². The number of hydrogen-bond acceptors (Lipinski definition) is 2. The Morgan fingerprint density at radius 3 is 2.00 bits per heavy atom. The van der Waals surface area contributed by atoms with Gasteiger partial charge in [-0.1, -0.05) is 27.7 Å². The summed E-state index contributed by atoms with van der Waals surface area (Å²) in [5.41, 5.74) is 0.120. The molecule has 0 bridgehead atoms. The van der Waals surface area contributed by atoms with Gasteiger partial charge in [-0.3, -0.25) is 0 Å². The highest BCUT2D eigenvalue weighted by molar-refractivity contribution is 4.77. The Balaban J connectivity index is 3.95. The second-order valence-electron chi connectivity index (χ2n) is 5.87. The van der Waals surface area contributed by atoms with Crippen LogP contribution in [0.15, 0.2) is 0 Å². The molecule has 0 saturated carbocycles. The first-order valence-electron chi connectivity index (χ1n) is 5.48. The highest BCUT2D eigenvalue weighted by Gasteiger charge is 2.26. The molecule has 86 valence electrons. The highest BCUT2D eigenvalue weighted by Crippen LogP contribution is 2.29. The van der Waals surface area contributed by atoms with Crippen molar-refractivity contribution in [2.75, 3.05) is 6.61 Å². The van der Waals surface area contributed by atoms with Crippen LogP contribution in [0.25, 0.3) is 0 Å². The van der Waals surface area contributed by atoms with E-state index in [4.69, 9.17) is 4.74 Å². The standard InChI is InChI=1S/C12H26O2/c1-7-10(13)8-14-12(5,6)9-11(2,3)4/h10,13H,7-9H2,1-6H3. The van der Waals surface area contributed by atoms with Crippen LogP contribution in [0.4, 0.5) is 0 Å². The lowest BCUT2D eigenvalue weighted by Crippen LogP contribution is -2.33. The van der Waals surface area contributed by atoms with Crippen LogP contribution in [0.3, 0.4) is 0 Å². The van der Waals surface area contributed by atoms with Gasteiger partial charge >= 0.3 is 0 Å². The second kappa shape index (κ2) is 5.13. The molecule has 1 unspecified atom stereocenters. The summed E-state index contributed by atoms with van der Waals surface area (Å²) in [5, 5.41) is 9.39. The number of aliphatic hydroxyl groups is 1. The minimum Gasteiger partial charge on any atom is -0.391 e. The van der Waals surface area contributed by atoms with E-state index >= 15 is 0 Å². The molecule has 0 aliphatic heterocycles. The molecule has 0 aromatic rings. The molecule has 0 heterocycles. The molecule has 0 rings (SSSR count). The van der Waals surface area contributed by atoms with Crippen LogP contribution < -0.4 is 0 Å². The van der Waals surface area contributed by atoms with Crippen LogP contribution in [0.1, 0.15) is 54.4 Å². The number of ether oxygens (including phenoxy) is 1. The Kier molecular flexibility index (Phi) is 5.10. The minimum atomic E-state index is -0.325. The Morgan fingerprint density at radius 2 is 1.64 bits per heavy atom. The summed E-state index contributed by atoms with van der Waals surface area (Å²) < 4.78 is 5.71. The first-order chi connectivity index (χ1) is 6.16. The lowest BCUT2D eigenvalue weighted by atomic mass is 9.83. The summed E-state index contributed by atoms with van der Waals surface area (Å²) in [4.78, 5) is 0. The van der Waals surface area contributed by atoms with Crippen molar-refractivity contribution in [2.24, 2.45) is 5.41 Å². The topological polar surface area (TPSA) is 29.5 Å². The van der Waals surface area contributed by atoms with E-state index in [1.165, 1.54) is 0 Å². The number of aliphatic hydroxyl groups excluding tert-OH is 1. The molecule has 0 radical (unpaired) electrons. The molecule has 2 nitrogen and oxygen atoms in total. The van der Waals surface area contributed by atoms with Gasteiger partial charge < -0.3 is 9.84 Å². The molecule has 0 aliphatic carbocycles. The van der Waals surface area contributed by atoms with Crippen LogP contribution in [0, 0.1) is 5.41 Å². The molecule has 0 saturated heterocycles. The molecule has 1 atom stereocenters. The molecule has 0 fully saturated rings. The zero-order chi connectivity index (χ0) is 11.4. The maximum atomic E-state index is 9.39. The van der Waals surface area contributed by atoms with E-state index in [1.807, 2.05) is 6.92 Å². The van der Waals surface area contributed by atoms with Gasteiger partial charge in [-0.05, 0) is 32.1 Å². The number of hydrogen-bond donors (Lipinski definition) is 1. The molecule has 1 N–H and O–H groups in total. The normalized spacial score (nSPS) is 15.6. The van der Waals surface area contributed by atoms with Gasteiger partial charge in [0.25, 0.3) is 0 Å². The fraction of sp³-hybridized carbons (Fsp3) is 1.00. The van der Waals surface area contributed by atoms with Crippen molar-refractivity contribution in [1.29, 1.82) is 0 Å². The third-order valence-electron chi connectivity index (χ3n) is 2.09. The van der Waals surface area contributed by atoms with Gasteiger partial charge in [0.1, 0.15) is 0 Å². The Labute approximate surface area is 88.7 Å². The van der Waals surface area contributed by atoms with Crippen molar-refractivity contribution >= 4 is 0 Å². The van der Waals surface area contributed by atoms with Crippen molar-refractivity contribution in [3.05, 3.63) is 0 Å². The average Bonchev–Trinajstić information content (AvgIpc) is 1.96. The minimum absolute atomic E-state index is 0.144. The summed E-state index contributed by atoms with van der Waals surface area (Å²) in [6.07, 6.45) is 1.43. The molecular formula is C12H26O2. The predicted molar refractivity (Wildman–Crippen MR) is 60.4 cm³/mol. The molecule has 14 heavy (non-hydrogen) atoms. The molecule has 2 heteroatoms. The molecule has 0 amide bonds. The van der Waals surface area contributed by atoms with Crippen molar-refractivity contribution in [1.82, 2.24) is 0 Å². The highest BCUT2D eigenvalue weighted by atomic mass is 16.5. The Hall–Kier alpha value is -0.0800. The van der Waals surface area contributed by atoms with E-state index in [2.05, 4.69) is 34.6 Å². The van der Waals surface area contributed by atoms with E-state index in [9.17, 15) is 5.11 Å². The Bertz CT molecular complexity index is 156. The van der Waals surface area contributed by atoms with E-state index in [-0.39, 0.29) is 17.1 Å². The zero-order valence-electron chi connectivity index (χ0n) is 10.6. The van der Waals surface area contributed by atoms with Crippen LogP contribution in [-0.4, -0.2) is 23.4 Å². The first kappa shape index (κ1) is 13.9. The molecule has 0 aromatic heterocycles. The lowest BCUT2D eigenvalue weighted by molar-refractivity contribution is -0.0774. The van der Waals surface area contributed by atoms with Crippen LogP contribution in [-0.2, 0) is 4.74 Å². The van der Waals surface area contributed by atoms with E-state index in [1.54, 1.807) is 0 Å². The summed E-state index contributed by atoms with van der Waals surface area (Å²) in [6.45, 7) is 13.2. The lowest BCUT2D eigenvalue weighted by Gasteiger charge is -2.33. The second-order valence-corrected chi connectivity index (χ2v) is 5.87. The fourth-order valence-corrected chi connectivity index (χ4v) is 1.77. The van der Waals surface area contributed by atoms with Gasteiger partial charge in [0.05, 0.1) is 18.3 Å². The van der Waals surface area contributed by atoms with Gasteiger partial charge in [0, 0.05) is 0 Å². The first-order valence-corrected chi connectivity index (χ1v) is 5.48. The van der Waals surface area contributed by atoms with Crippen molar-refractivity contribution < 1.29 is 9.84 Å². The molecular weight excluding hydrogens is 176 g/mol.